The van der Waals surface area contributed by atoms with Gasteiger partial charge in [-0.25, -0.2) is 4.79 Å². The largest absolute Gasteiger partial charge is 0.480 e. The molecule has 0 atom stereocenters. The van der Waals surface area contributed by atoms with Crippen LogP contribution in [0.3, 0.4) is 0 Å². The van der Waals surface area contributed by atoms with Crippen molar-refractivity contribution in [3.8, 4) is 0 Å². The van der Waals surface area contributed by atoms with E-state index in [0.29, 0.717) is 0 Å². The Hall–Kier alpha value is -2.21. The van der Waals surface area contributed by atoms with Crippen molar-refractivity contribution in [2.45, 2.75) is 32.4 Å². The smallest absolute Gasteiger partial charge is 0.329 e. The van der Waals surface area contributed by atoms with E-state index in [1.165, 1.54) is 0 Å². The first kappa shape index (κ1) is 21.8. The number of aliphatic carboxylic acids is 1. The van der Waals surface area contributed by atoms with Crippen LogP contribution in [0.2, 0.25) is 0 Å². The number of aliphatic hydroxyl groups excluding tert-OH is 1. The molecule has 0 bridgehead atoms. The number of benzene rings is 2. The second-order valence-electron chi connectivity index (χ2n) is 6.48. The van der Waals surface area contributed by atoms with Gasteiger partial charge < -0.3 is 20.3 Å². The maximum atomic E-state index is 10.6. The molecule has 2 aromatic rings. The van der Waals surface area contributed by atoms with Crippen LogP contribution < -0.4 is 5.32 Å². The van der Waals surface area contributed by atoms with Gasteiger partial charge in [0.05, 0.1) is 6.61 Å². The highest BCUT2D eigenvalue weighted by Crippen LogP contribution is 2.25. The molecule has 0 saturated heterocycles. The van der Waals surface area contributed by atoms with Gasteiger partial charge in [0, 0.05) is 5.54 Å². The summed E-state index contributed by atoms with van der Waals surface area (Å²) >= 11 is 0. The number of carboxylic acids is 1. The molecule has 0 saturated carbocycles. The molecule has 2 rings (SSSR count). The minimum atomic E-state index is -0.966. The van der Waals surface area contributed by atoms with Crippen molar-refractivity contribution < 1.29 is 19.7 Å². The minimum absolute atomic E-state index is 0.102. The molecular weight excluding hydrogens is 330 g/mol. The lowest BCUT2D eigenvalue weighted by molar-refractivity contribution is -0.143. The third kappa shape index (κ3) is 8.25. The first-order valence-corrected chi connectivity index (χ1v) is 8.68. The van der Waals surface area contributed by atoms with Crippen LogP contribution >= 0.6 is 0 Å². The third-order valence-corrected chi connectivity index (χ3v) is 3.63. The Balaban J connectivity index is 0.000000359. The Labute approximate surface area is 155 Å². The van der Waals surface area contributed by atoms with Crippen molar-refractivity contribution in [2.75, 3.05) is 19.8 Å². The molecule has 0 aliphatic carbocycles. The molecule has 0 spiro atoms. The van der Waals surface area contributed by atoms with Crippen molar-refractivity contribution in [3.63, 3.8) is 0 Å². The maximum absolute atomic E-state index is 10.6. The molecule has 0 aliphatic heterocycles. The number of hydrogen-bond acceptors (Lipinski definition) is 4. The van der Waals surface area contributed by atoms with E-state index in [9.17, 15) is 4.79 Å². The highest BCUT2D eigenvalue weighted by atomic mass is 16.5. The van der Waals surface area contributed by atoms with Crippen LogP contribution in [0, 0.1) is 0 Å². The average Bonchev–Trinajstić information content (AvgIpc) is 2.64. The van der Waals surface area contributed by atoms with Crippen LogP contribution in [0.25, 0.3) is 0 Å². The zero-order chi connectivity index (χ0) is 19.4. The predicted octanol–water partition coefficient (Wildman–Crippen LogP) is 3.24. The molecule has 142 valence electrons. The van der Waals surface area contributed by atoms with Gasteiger partial charge in [0.1, 0.15) is 12.7 Å². The van der Waals surface area contributed by atoms with E-state index in [0.717, 1.165) is 17.7 Å². The van der Waals surface area contributed by atoms with Crippen molar-refractivity contribution in [1.29, 1.82) is 0 Å². The number of nitrogens with one attached hydrogen (secondary N) is 1. The van der Waals surface area contributed by atoms with Crippen LogP contribution in [-0.4, -0.2) is 41.5 Å². The summed E-state index contributed by atoms with van der Waals surface area (Å²) in [4.78, 5) is 10.6. The summed E-state index contributed by atoms with van der Waals surface area (Å²) in [5.41, 5.74) is 1.80. The van der Waals surface area contributed by atoms with Crippen molar-refractivity contribution in [1.82, 2.24) is 5.32 Å². The molecule has 0 fully saturated rings. The van der Waals surface area contributed by atoms with Crippen molar-refractivity contribution in [3.05, 3.63) is 71.8 Å². The van der Waals surface area contributed by atoms with Crippen LogP contribution in [-0.2, 0) is 9.53 Å². The normalized spacial score (nSPS) is 11.0. The standard InChI is InChI=1S/C15H14O3.C6H15NO/c16-14(17)11-18-15(12-7-3-1-4-8-12)13-9-5-2-6-10-13;1-4-7-6(2,3)5-8/h1-10,15H,11H2,(H,16,17);7-8H,4-5H2,1-3H3. The zero-order valence-corrected chi connectivity index (χ0v) is 15.7. The fourth-order valence-corrected chi connectivity index (χ4v) is 2.33. The first-order valence-electron chi connectivity index (χ1n) is 8.68. The van der Waals surface area contributed by atoms with E-state index in [-0.39, 0.29) is 24.9 Å². The quantitative estimate of drug-likeness (QED) is 0.674. The Morgan fingerprint density at radius 1 is 1.04 bits per heavy atom. The van der Waals surface area contributed by atoms with Gasteiger partial charge in [-0.3, -0.25) is 0 Å². The summed E-state index contributed by atoms with van der Waals surface area (Å²) in [7, 11) is 0. The molecular formula is C21H29NO4. The van der Waals surface area contributed by atoms with E-state index in [2.05, 4.69) is 5.32 Å². The van der Waals surface area contributed by atoms with Gasteiger partial charge in [0.25, 0.3) is 0 Å². The number of likely N-dealkylation sites (N-methyl/N-ethyl adjacent to an activating group) is 1. The van der Waals surface area contributed by atoms with E-state index in [1.54, 1.807) is 0 Å². The summed E-state index contributed by atoms with van der Waals surface area (Å²) in [6.45, 7) is 6.76. The van der Waals surface area contributed by atoms with Crippen molar-refractivity contribution in [2.24, 2.45) is 0 Å². The number of aliphatic hydroxyl groups is 1. The molecule has 0 heterocycles. The summed E-state index contributed by atoms with van der Waals surface area (Å²) in [5.74, 6) is -0.966. The van der Waals surface area contributed by atoms with E-state index < -0.39 is 5.97 Å². The lowest BCUT2D eigenvalue weighted by atomic mass is 10.0. The van der Waals surface area contributed by atoms with Gasteiger partial charge in [-0.05, 0) is 31.5 Å². The molecule has 3 N–H and O–H groups in total. The van der Waals surface area contributed by atoms with Crippen LogP contribution in [0.5, 0.6) is 0 Å². The van der Waals surface area contributed by atoms with Gasteiger partial charge in [0.15, 0.2) is 0 Å². The van der Waals surface area contributed by atoms with Gasteiger partial charge >= 0.3 is 5.97 Å². The van der Waals surface area contributed by atoms with Crippen molar-refractivity contribution >= 4 is 5.97 Å². The Bertz CT molecular complexity index is 589. The predicted molar refractivity (Wildman–Crippen MR) is 103 cm³/mol. The second-order valence-corrected chi connectivity index (χ2v) is 6.48. The highest BCUT2D eigenvalue weighted by molar-refractivity contribution is 5.68. The maximum Gasteiger partial charge on any atom is 0.329 e. The molecule has 0 aromatic heterocycles. The average molecular weight is 359 g/mol. The topological polar surface area (TPSA) is 78.8 Å². The number of rotatable bonds is 8. The Morgan fingerprint density at radius 3 is 1.81 bits per heavy atom. The monoisotopic (exact) mass is 359 g/mol. The second kappa shape index (κ2) is 11.4. The molecule has 0 amide bonds. The minimum Gasteiger partial charge on any atom is -0.480 e. The Kier molecular flexibility index (Phi) is 9.58. The molecule has 2 aromatic carbocycles. The lowest BCUT2D eigenvalue weighted by Crippen LogP contribution is -2.42. The number of carbonyl (C=O) groups is 1. The Morgan fingerprint density at radius 2 is 1.50 bits per heavy atom. The fourth-order valence-electron chi connectivity index (χ4n) is 2.33. The molecule has 26 heavy (non-hydrogen) atoms. The van der Waals surface area contributed by atoms with Gasteiger partial charge in [-0.15, -0.1) is 0 Å². The van der Waals surface area contributed by atoms with E-state index in [4.69, 9.17) is 14.9 Å². The number of carboxylic acid groups (broad SMARTS) is 1. The summed E-state index contributed by atoms with van der Waals surface area (Å²) < 4.78 is 5.48. The summed E-state index contributed by atoms with van der Waals surface area (Å²) in [5, 5.41) is 20.5. The zero-order valence-electron chi connectivity index (χ0n) is 15.7. The molecule has 5 nitrogen and oxygen atoms in total. The number of hydrogen-bond donors (Lipinski definition) is 3. The molecule has 5 heteroatoms. The van der Waals surface area contributed by atoms with E-state index >= 15 is 0 Å². The first-order chi connectivity index (χ1) is 12.4. The summed E-state index contributed by atoms with van der Waals surface area (Å²) in [6.07, 6.45) is -0.344. The summed E-state index contributed by atoms with van der Waals surface area (Å²) in [6, 6.07) is 19.2. The van der Waals surface area contributed by atoms with Crippen LogP contribution in [0.15, 0.2) is 60.7 Å². The van der Waals surface area contributed by atoms with E-state index in [1.807, 2.05) is 81.4 Å². The third-order valence-electron chi connectivity index (χ3n) is 3.63. The van der Waals surface area contributed by atoms with Crippen LogP contribution in [0.1, 0.15) is 38.0 Å². The molecule has 0 radical (unpaired) electrons. The van der Waals surface area contributed by atoms with Gasteiger partial charge in [-0.1, -0.05) is 67.6 Å². The fraction of sp³-hybridized carbons (Fsp3) is 0.381. The van der Waals surface area contributed by atoms with Gasteiger partial charge in [0.2, 0.25) is 0 Å². The molecule has 0 unspecified atom stereocenters. The molecule has 0 aliphatic rings. The lowest BCUT2D eigenvalue weighted by Gasteiger charge is -2.21. The van der Waals surface area contributed by atoms with Gasteiger partial charge in [-0.2, -0.15) is 0 Å². The SMILES string of the molecule is CCNC(C)(C)CO.O=C(O)COC(c1ccccc1)c1ccccc1. The highest BCUT2D eigenvalue weighted by Gasteiger charge is 2.15. The van der Waals surface area contributed by atoms with Crippen LogP contribution in [0.4, 0.5) is 0 Å². The number of ether oxygens (including phenoxy) is 1.